The Morgan fingerprint density at radius 3 is 3.15 bits per heavy atom. The minimum atomic E-state index is -0.436. The number of aryl methyl sites for hydroxylation is 1. The Hall–Kier alpha value is -1.43. The van der Waals surface area contributed by atoms with Gasteiger partial charge in [0.25, 0.3) is 5.91 Å². The molecule has 3 rings (SSSR count). The van der Waals surface area contributed by atoms with Crippen molar-refractivity contribution in [3.05, 3.63) is 29.8 Å². The third kappa shape index (κ3) is 2.70. The Bertz CT molecular complexity index is 496. The van der Waals surface area contributed by atoms with Crippen LogP contribution in [-0.4, -0.2) is 51.0 Å². The molecule has 1 spiro atoms. The molecule has 0 bridgehead atoms. The summed E-state index contributed by atoms with van der Waals surface area (Å²) in [4.78, 5) is 14.0. The average Bonchev–Trinajstić information content (AvgIpc) is 2.68. The van der Waals surface area contributed by atoms with Gasteiger partial charge in [-0.05, 0) is 24.6 Å². The van der Waals surface area contributed by atoms with Crippen molar-refractivity contribution in [1.29, 1.82) is 0 Å². The molecule has 20 heavy (non-hydrogen) atoms. The van der Waals surface area contributed by atoms with E-state index in [1.807, 2.05) is 36.1 Å². The fourth-order valence-electron chi connectivity index (χ4n) is 2.71. The average molecular weight is 276 g/mol. The van der Waals surface area contributed by atoms with Gasteiger partial charge in [-0.15, -0.1) is 0 Å². The summed E-state index contributed by atoms with van der Waals surface area (Å²) >= 11 is 0. The van der Waals surface area contributed by atoms with Crippen LogP contribution in [0.1, 0.15) is 5.56 Å². The Morgan fingerprint density at radius 1 is 1.40 bits per heavy atom. The molecule has 1 amide bonds. The summed E-state index contributed by atoms with van der Waals surface area (Å²) in [5.74, 6) is 0.00507. The highest BCUT2D eigenvalue weighted by Gasteiger charge is 2.41. The number of hydrogen-bond donors (Lipinski definition) is 1. The maximum absolute atomic E-state index is 12.2. The van der Waals surface area contributed by atoms with Crippen LogP contribution in [0.5, 0.6) is 0 Å². The minimum absolute atomic E-state index is 0.00507. The molecule has 0 aliphatic carbocycles. The first-order valence-corrected chi connectivity index (χ1v) is 6.98. The van der Waals surface area contributed by atoms with E-state index in [4.69, 9.17) is 9.47 Å². The van der Waals surface area contributed by atoms with Crippen LogP contribution in [0.4, 0.5) is 5.69 Å². The Balaban J connectivity index is 1.84. The molecule has 5 heteroatoms. The zero-order chi connectivity index (χ0) is 14.0. The number of carbonyl (C=O) groups excluding carboxylic acids is 1. The second-order valence-electron chi connectivity index (χ2n) is 5.52. The molecule has 2 fully saturated rings. The molecule has 2 aliphatic heterocycles. The van der Waals surface area contributed by atoms with E-state index in [0.717, 1.165) is 17.8 Å². The smallest absolute Gasteiger partial charge is 0.253 e. The van der Waals surface area contributed by atoms with E-state index in [1.165, 1.54) is 0 Å². The molecule has 2 heterocycles. The Labute approximate surface area is 118 Å². The molecule has 5 nitrogen and oxygen atoms in total. The Kier molecular flexibility index (Phi) is 3.74. The van der Waals surface area contributed by atoms with Gasteiger partial charge in [-0.1, -0.05) is 12.1 Å². The molecule has 1 aromatic rings. The zero-order valence-corrected chi connectivity index (χ0v) is 11.7. The molecule has 2 saturated heterocycles. The van der Waals surface area contributed by atoms with Crippen molar-refractivity contribution in [2.75, 3.05) is 44.4 Å². The summed E-state index contributed by atoms with van der Waals surface area (Å²) in [6.45, 7) is 5.41. The predicted octanol–water partition coefficient (Wildman–Crippen LogP) is 0.717. The number of carbonyl (C=O) groups is 1. The van der Waals surface area contributed by atoms with Gasteiger partial charge in [0, 0.05) is 18.8 Å². The van der Waals surface area contributed by atoms with Crippen molar-refractivity contribution in [3.8, 4) is 0 Å². The fraction of sp³-hybridized carbons (Fsp3) is 0.533. The molecule has 0 radical (unpaired) electrons. The highest BCUT2D eigenvalue weighted by atomic mass is 16.5. The molecule has 0 unspecified atom stereocenters. The number of morpholine rings is 1. The largest absolute Gasteiger partial charge is 0.377 e. The monoisotopic (exact) mass is 276 g/mol. The van der Waals surface area contributed by atoms with Gasteiger partial charge in [-0.25, -0.2) is 0 Å². The molecular weight excluding hydrogens is 256 g/mol. The lowest BCUT2D eigenvalue weighted by Gasteiger charge is -2.41. The number of anilines is 1. The van der Waals surface area contributed by atoms with Gasteiger partial charge in [0.2, 0.25) is 0 Å². The van der Waals surface area contributed by atoms with E-state index in [0.29, 0.717) is 26.3 Å². The molecular formula is C15H20N2O3. The number of benzene rings is 1. The number of nitrogens with zero attached hydrogens (tertiary/aromatic N) is 1. The maximum atomic E-state index is 12.2. The summed E-state index contributed by atoms with van der Waals surface area (Å²) in [6.07, 6.45) is 0. The quantitative estimate of drug-likeness (QED) is 0.821. The van der Waals surface area contributed by atoms with Gasteiger partial charge in [0.15, 0.2) is 0 Å². The van der Waals surface area contributed by atoms with E-state index in [2.05, 4.69) is 5.32 Å². The van der Waals surface area contributed by atoms with Crippen molar-refractivity contribution in [1.82, 2.24) is 5.32 Å². The third-order valence-electron chi connectivity index (χ3n) is 3.80. The summed E-state index contributed by atoms with van der Waals surface area (Å²) in [5, 5.41) is 3.32. The van der Waals surface area contributed by atoms with Gasteiger partial charge >= 0.3 is 0 Å². The van der Waals surface area contributed by atoms with Crippen molar-refractivity contribution >= 4 is 11.6 Å². The lowest BCUT2D eigenvalue weighted by atomic mass is 10.0. The van der Waals surface area contributed by atoms with E-state index >= 15 is 0 Å². The predicted molar refractivity (Wildman–Crippen MR) is 75.9 cm³/mol. The molecule has 0 aromatic heterocycles. The maximum Gasteiger partial charge on any atom is 0.253 e. The number of amides is 1. The number of ether oxygens (including phenoxy) is 2. The SMILES string of the molecule is Cc1cccc(N2C[C@]3(CNCCOC3)OCC2=O)c1. The minimum Gasteiger partial charge on any atom is -0.377 e. The first-order chi connectivity index (χ1) is 9.69. The van der Waals surface area contributed by atoms with Crippen LogP contribution in [0.2, 0.25) is 0 Å². The molecule has 1 N–H and O–H groups in total. The summed E-state index contributed by atoms with van der Waals surface area (Å²) in [6, 6.07) is 8.00. The molecule has 2 aliphatic rings. The summed E-state index contributed by atoms with van der Waals surface area (Å²) in [7, 11) is 0. The van der Waals surface area contributed by atoms with Gasteiger partial charge in [-0.2, -0.15) is 0 Å². The van der Waals surface area contributed by atoms with Crippen LogP contribution in [0.15, 0.2) is 24.3 Å². The van der Waals surface area contributed by atoms with Crippen LogP contribution < -0.4 is 10.2 Å². The zero-order valence-electron chi connectivity index (χ0n) is 11.7. The first kappa shape index (κ1) is 13.5. The second kappa shape index (κ2) is 5.52. The first-order valence-electron chi connectivity index (χ1n) is 6.98. The van der Waals surface area contributed by atoms with Crippen molar-refractivity contribution in [3.63, 3.8) is 0 Å². The highest BCUT2D eigenvalue weighted by Crippen LogP contribution is 2.25. The Morgan fingerprint density at radius 2 is 2.30 bits per heavy atom. The molecule has 0 saturated carbocycles. The van der Waals surface area contributed by atoms with Gasteiger partial charge in [-0.3, -0.25) is 4.79 Å². The van der Waals surface area contributed by atoms with E-state index in [-0.39, 0.29) is 12.5 Å². The van der Waals surface area contributed by atoms with Crippen LogP contribution in [0.25, 0.3) is 0 Å². The number of nitrogens with one attached hydrogen (secondary N) is 1. The van der Waals surface area contributed by atoms with Crippen LogP contribution in [0.3, 0.4) is 0 Å². The van der Waals surface area contributed by atoms with Crippen LogP contribution in [0, 0.1) is 6.92 Å². The van der Waals surface area contributed by atoms with Crippen molar-refractivity contribution in [2.45, 2.75) is 12.5 Å². The van der Waals surface area contributed by atoms with Gasteiger partial charge < -0.3 is 19.7 Å². The van der Waals surface area contributed by atoms with Gasteiger partial charge in [0.1, 0.15) is 12.2 Å². The third-order valence-corrected chi connectivity index (χ3v) is 3.80. The summed E-state index contributed by atoms with van der Waals surface area (Å²) < 4.78 is 11.4. The highest BCUT2D eigenvalue weighted by molar-refractivity contribution is 5.95. The molecule has 1 aromatic carbocycles. The van der Waals surface area contributed by atoms with Crippen LogP contribution in [-0.2, 0) is 14.3 Å². The number of rotatable bonds is 1. The molecule has 108 valence electrons. The van der Waals surface area contributed by atoms with Gasteiger partial charge in [0.05, 0.1) is 19.8 Å². The second-order valence-corrected chi connectivity index (χ2v) is 5.52. The fourth-order valence-corrected chi connectivity index (χ4v) is 2.71. The van der Waals surface area contributed by atoms with E-state index < -0.39 is 5.60 Å². The molecule has 1 atom stereocenters. The lowest BCUT2D eigenvalue weighted by Crippen LogP contribution is -2.60. The topological polar surface area (TPSA) is 50.8 Å². The van der Waals surface area contributed by atoms with Crippen molar-refractivity contribution < 1.29 is 14.3 Å². The number of hydrogen-bond acceptors (Lipinski definition) is 4. The summed E-state index contributed by atoms with van der Waals surface area (Å²) in [5.41, 5.74) is 1.64. The van der Waals surface area contributed by atoms with Crippen LogP contribution >= 0.6 is 0 Å². The lowest BCUT2D eigenvalue weighted by molar-refractivity contribution is -0.144. The van der Waals surface area contributed by atoms with E-state index in [1.54, 1.807) is 0 Å². The van der Waals surface area contributed by atoms with E-state index in [9.17, 15) is 4.79 Å². The normalized spacial score (nSPS) is 27.6. The standard InChI is InChI=1S/C15H20N2O3/c1-12-3-2-4-13(7-12)17-10-15(20-8-14(17)18)9-16-5-6-19-11-15/h2-4,7,16H,5-6,8-11H2,1H3/t15-/m0/s1. The van der Waals surface area contributed by atoms with Crippen molar-refractivity contribution in [2.24, 2.45) is 0 Å².